The van der Waals surface area contributed by atoms with Gasteiger partial charge in [0.1, 0.15) is 5.75 Å². The molecule has 0 saturated heterocycles. The van der Waals surface area contributed by atoms with Crippen LogP contribution in [0.25, 0.3) is 0 Å². The summed E-state index contributed by atoms with van der Waals surface area (Å²) in [4.78, 5) is 16.0. The van der Waals surface area contributed by atoms with Crippen LogP contribution < -0.4 is 10.1 Å². The zero-order valence-electron chi connectivity index (χ0n) is 13.0. The van der Waals surface area contributed by atoms with E-state index in [9.17, 15) is 9.90 Å². The van der Waals surface area contributed by atoms with Gasteiger partial charge in [0.2, 0.25) is 0 Å². The number of rotatable bonds is 6. The number of halogens is 1. The molecule has 1 aromatic carbocycles. The minimum atomic E-state index is -0.810. The fourth-order valence-corrected chi connectivity index (χ4v) is 2.38. The van der Waals surface area contributed by atoms with Gasteiger partial charge < -0.3 is 15.2 Å². The number of benzene rings is 1. The number of aliphatic hydroxyl groups is 1. The summed E-state index contributed by atoms with van der Waals surface area (Å²) in [6.07, 6.45) is 2.33. The van der Waals surface area contributed by atoms with E-state index in [0.29, 0.717) is 16.9 Å². The lowest BCUT2D eigenvalue weighted by Gasteiger charge is -2.15. The topological polar surface area (TPSA) is 71.5 Å². The highest BCUT2D eigenvalue weighted by atomic mass is 79.9. The maximum atomic E-state index is 12.0. The molecule has 5 nitrogen and oxygen atoms in total. The summed E-state index contributed by atoms with van der Waals surface area (Å²) in [6, 6.07) is 8.90. The average molecular weight is 379 g/mol. The molecule has 122 valence electrons. The van der Waals surface area contributed by atoms with E-state index in [1.807, 2.05) is 26.0 Å². The third-order valence-corrected chi connectivity index (χ3v) is 3.47. The van der Waals surface area contributed by atoms with Gasteiger partial charge in [-0.1, -0.05) is 12.1 Å². The van der Waals surface area contributed by atoms with Crippen LogP contribution in [0.15, 0.2) is 47.2 Å². The number of amides is 1. The smallest absolute Gasteiger partial charge is 0.252 e. The van der Waals surface area contributed by atoms with Gasteiger partial charge >= 0.3 is 0 Å². The minimum Gasteiger partial charge on any atom is -0.491 e. The number of nitrogens with zero attached hydrogens (tertiary/aromatic N) is 1. The molecule has 2 rings (SSSR count). The first kappa shape index (κ1) is 17.4. The van der Waals surface area contributed by atoms with Gasteiger partial charge in [0, 0.05) is 23.4 Å². The molecule has 0 saturated carbocycles. The van der Waals surface area contributed by atoms with Crippen LogP contribution in [0.1, 0.15) is 35.9 Å². The van der Waals surface area contributed by atoms with Crippen molar-refractivity contribution < 1.29 is 14.6 Å². The zero-order chi connectivity index (χ0) is 16.8. The molecule has 1 aromatic heterocycles. The van der Waals surface area contributed by atoms with Crippen molar-refractivity contribution in [2.24, 2.45) is 0 Å². The van der Waals surface area contributed by atoms with E-state index >= 15 is 0 Å². The van der Waals surface area contributed by atoms with Crippen LogP contribution in [0.5, 0.6) is 5.75 Å². The summed E-state index contributed by atoms with van der Waals surface area (Å²) < 4.78 is 6.33. The Morgan fingerprint density at radius 3 is 2.83 bits per heavy atom. The van der Waals surface area contributed by atoms with Crippen molar-refractivity contribution >= 4 is 21.8 Å². The van der Waals surface area contributed by atoms with E-state index in [1.165, 1.54) is 6.20 Å². The van der Waals surface area contributed by atoms with Crippen LogP contribution in [0.3, 0.4) is 0 Å². The van der Waals surface area contributed by atoms with Gasteiger partial charge in [0.05, 0.1) is 17.8 Å². The predicted octanol–water partition coefficient (Wildman–Crippen LogP) is 3.09. The highest BCUT2D eigenvalue weighted by Gasteiger charge is 2.12. The molecule has 0 spiro atoms. The first-order chi connectivity index (χ1) is 11.0. The van der Waals surface area contributed by atoms with E-state index in [4.69, 9.17) is 4.74 Å². The fourth-order valence-electron chi connectivity index (χ4n) is 2.01. The number of ether oxygens (including phenoxy) is 1. The van der Waals surface area contributed by atoms with Crippen LogP contribution in [0.4, 0.5) is 0 Å². The lowest BCUT2D eigenvalue weighted by molar-refractivity contribution is 0.0915. The average Bonchev–Trinajstić information content (AvgIpc) is 2.52. The third-order valence-electron chi connectivity index (χ3n) is 3.04. The zero-order valence-corrected chi connectivity index (χ0v) is 14.6. The maximum absolute atomic E-state index is 12.0. The largest absolute Gasteiger partial charge is 0.491 e. The molecule has 2 aromatic rings. The quantitative estimate of drug-likeness (QED) is 0.809. The first-order valence-electron chi connectivity index (χ1n) is 7.29. The Morgan fingerprint density at radius 2 is 2.13 bits per heavy atom. The summed E-state index contributed by atoms with van der Waals surface area (Å²) in [5, 5.41) is 12.9. The van der Waals surface area contributed by atoms with Crippen LogP contribution >= 0.6 is 15.9 Å². The number of pyridine rings is 1. The molecule has 0 aliphatic heterocycles. The van der Waals surface area contributed by atoms with E-state index in [2.05, 4.69) is 26.2 Å². The molecule has 0 aliphatic rings. The summed E-state index contributed by atoms with van der Waals surface area (Å²) in [5.74, 6) is 0.409. The second-order valence-electron chi connectivity index (χ2n) is 5.36. The normalized spacial score (nSPS) is 12.0. The summed E-state index contributed by atoms with van der Waals surface area (Å²) in [5.41, 5.74) is 1.12. The molecule has 0 fully saturated rings. The number of aliphatic hydroxyl groups excluding tert-OH is 1. The molecule has 0 aliphatic carbocycles. The van der Waals surface area contributed by atoms with Crippen molar-refractivity contribution in [1.29, 1.82) is 0 Å². The van der Waals surface area contributed by atoms with Gasteiger partial charge in [-0.25, -0.2) is 0 Å². The summed E-state index contributed by atoms with van der Waals surface area (Å²) >= 11 is 3.27. The summed E-state index contributed by atoms with van der Waals surface area (Å²) in [6.45, 7) is 3.99. The van der Waals surface area contributed by atoms with Gasteiger partial charge in [-0.05, 0) is 53.5 Å². The molecule has 1 amide bonds. The molecule has 0 radical (unpaired) electrons. The van der Waals surface area contributed by atoms with Crippen LogP contribution in [-0.2, 0) is 0 Å². The van der Waals surface area contributed by atoms with Crippen LogP contribution in [-0.4, -0.2) is 28.6 Å². The van der Waals surface area contributed by atoms with Gasteiger partial charge in [-0.3, -0.25) is 9.78 Å². The Kier molecular flexibility index (Phi) is 6.12. The fraction of sp³-hybridized carbons (Fsp3) is 0.294. The molecule has 6 heteroatoms. The Balaban J connectivity index is 1.96. The number of hydrogen-bond donors (Lipinski definition) is 2. The van der Waals surface area contributed by atoms with Crippen molar-refractivity contribution in [2.75, 3.05) is 6.54 Å². The van der Waals surface area contributed by atoms with E-state index in [1.54, 1.807) is 24.4 Å². The predicted molar refractivity (Wildman–Crippen MR) is 91.4 cm³/mol. The van der Waals surface area contributed by atoms with Crippen molar-refractivity contribution in [1.82, 2.24) is 10.3 Å². The second kappa shape index (κ2) is 8.08. The molecule has 1 unspecified atom stereocenters. The monoisotopic (exact) mass is 378 g/mol. The molecule has 0 bridgehead atoms. The Hall–Kier alpha value is -1.92. The van der Waals surface area contributed by atoms with Gasteiger partial charge in [0.15, 0.2) is 0 Å². The first-order valence-corrected chi connectivity index (χ1v) is 8.08. The minimum absolute atomic E-state index is 0.0612. The SMILES string of the molecule is CC(C)Oc1cccc(C(O)CNC(=O)c2cncc(Br)c2)c1. The second-order valence-corrected chi connectivity index (χ2v) is 6.27. The summed E-state index contributed by atoms with van der Waals surface area (Å²) in [7, 11) is 0. The van der Waals surface area contributed by atoms with Crippen LogP contribution in [0, 0.1) is 0 Å². The van der Waals surface area contributed by atoms with E-state index < -0.39 is 6.10 Å². The molecule has 1 atom stereocenters. The van der Waals surface area contributed by atoms with Crippen molar-refractivity contribution in [3.8, 4) is 5.75 Å². The Labute approximate surface area is 143 Å². The lowest BCUT2D eigenvalue weighted by Crippen LogP contribution is -2.28. The number of nitrogens with one attached hydrogen (secondary N) is 1. The van der Waals surface area contributed by atoms with Crippen molar-refractivity contribution in [2.45, 2.75) is 26.1 Å². The molecular weight excluding hydrogens is 360 g/mol. The van der Waals surface area contributed by atoms with Crippen LogP contribution in [0.2, 0.25) is 0 Å². The molecular formula is C17H19BrN2O3. The lowest BCUT2D eigenvalue weighted by atomic mass is 10.1. The Bertz CT molecular complexity index is 676. The third kappa shape index (κ3) is 5.33. The highest BCUT2D eigenvalue weighted by molar-refractivity contribution is 9.10. The van der Waals surface area contributed by atoms with Gasteiger partial charge in [-0.2, -0.15) is 0 Å². The molecule has 2 N–H and O–H groups in total. The number of aromatic nitrogens is 1. The highest BCUT2D eigenvalue weighted by Crippen LogP contribution is 2.20. The van der Waals surface area contributed by atoms with Gasteiger partial charge in [-0.15, -0.1) is 0 Å². The Morgan fingerprint density at radius 1 is 1.35 bits per heavy atom. The number of hydrogen-bond acceptors (Lipinski definition) is 4. The standard InChI is InChI=1S/C17H19BrN2O3/c1-11(2)23-15-5-3-4-12(7-15)16(21)10-20-17(22)13-6-14(18)9-19-8-13/h3-9,11,16,21H,10H2,1-2H3,(H,20,22). The number of carbonyl (C=O) groups is 1. The maximum Gasteiger partial charge on any atom is 0.252 e. The van der Waals surface area contributed by atoms with Crippen molar-refractivity contribution in [3.05, 3.63) is 58.3 Å². The number of carbonyl (C=O) groups excluding carboxylic acids is 1. The molecule has 1 heterocycles. The van der Waals surface area contributed by atoms with E-state index in [0.717, 1.165) is 4.47 Å². The molecule has 23 heavy (non-hydrogen) atoms. The van der Waals surface area contributed by atoms with E-state index in [-0.39, 0.29) is 18.6 Å². The van der Waals surface area contributed by atoms with Crippen molar-refractivity contribution in [3.63, 3.8) is 0 Å². The van der Waals surface area contributed by atoms with Gasteiger partial charge in [0.25, 0.3) is 5.91 Å².